The smallest absolute Gasteiger partial charge is 0.268 e. The fraction of sp³-hybridized carbons (Fsp3) is 0.182. The normalized spacial score (nSPS) is 11.1. The summed E-state index contributed by atoms with van der Waals surface area (Å²) in [5.74, 6) is 0.716. The van der Waals surface area contributed by atoms with Crippen molar-refractivity contribution in [3.05, 3.63) is 88.0 Å². The second-order valence-electron chi connectivity index (χ2n) is 6.68. The van der Waals surface area contributed by atoms with E-state index in [9.17, 15) is 4.79 Å². The molecule has 3 aromatic heterocycles. The number of furan rings is 1. The van der Waals surface area contributed by atoms with Crippen LogP contribution in [-0.2, 0) is 13.0 Å². The predicted molar refractivity (Wildman–Crippen MR) is 112 cm³/mol. The Morgan fingerprint density at radius 3 is 2.75 bits per heavy atom. The summed E-state index contributed by atoms with van der Waals surface area (Å²) in [7, 11) is 0. The summed E-state index contributed by atoms with van der Waals surface area (Å²) < 4.78 is 8.79. The third-order valence-electron chi connectivity index (χ3n) is 4.59. The Morgan fingerprint density at radius 1 is 1.18 bits per heavy atom. The van der Waals surface area contributed by atoms with Gasteiger partial charge in [-0.2, -0.15) is 0 Å². The zero-order valence-corrected chi connectivity index (χ0v) is 17.1. The highest BCUT2D eigenvalue weighted by atomic mass is 79.9. The molecule has 0 saturated carbocycles. The molecular weight excluding hydrogens is 418 g/mol. The number of carbonyl (C=O) groups excluding carboxylic acids is 1. The minimum atomic E-state index is -0.114. The van der Waals surface area contributed by atoms with Crippen LogP contribution < -0.4 is 5.32 Å². The van der Waals surface area contributed by atoms with Gasteiger partial charge in [-0.05, 0) is 36.8 Å². The van der Waals surface area contributed by atoms with E-state index in [1.54, 1.807) is 6.20 Å². The number of hydrogen-bond donors (Lipinski definition) is 1. The summed E-state index contributed by atoms with van der Waals surface area (Å²) in [6.45, 7) is 3.04. The minimum Gasteiger partial charge on any atom is -0.460 e. The van der Waals surface area contributed by atoms with Crippen molar-refractivity contribution in [3.63, 3.8) is 0 Å². The van der Waals surface area contributed by atoms with Crippen LogP contribution in [-0.4, -0.2) is 22.0 Å². The van der Waals surface area contributed by atoms with Crippen LogP contribution in [0.5, 0.6) is 0 Å². The maximum Gasteiger partial charge on any atom is 0.268 e. The summed E-state index contributed by atoms with van der Waals surface area (Å²) in [5.41, 5.74) is 4.32. The van der Waals surface area contributed by atoms with Crippen molar-refractivity contribution in [2.24, 2.45) is 0 Å². The summed E-state index contributed by atoms with van der Waals surface area (Å²) in [4.78, 5) is 17.1. The van der Waals surface area contributed by atoms with Gasteiger partial charge in [0.25, 0.3) is 5.91 Å². The van der Waals surface area contributed by atoms with Crippen molar-refractivity contribution >= 4 is 32.9 Å². The molecule has 0 atom stereocenters. The Bertz CT molecular complexity index is 1100. The number of amides is 1. The van der Waals surface area contributed by atoms with Crippen molar-refractivity contribution in [2.75, 3.05) is 6.54 Å². The lowest BCUT2D eigenvalue weighted by Crippen LogP contribution is -2.28. The number of benzene rings is 1. The van der Waals surface area contributed by atoms with Gasteiger partial charge in [0.1, 0.15) is 11.5 Å². The first-order valence-corrected chi connectivity index (χ1v) is 9.92. The third-order valence-corrected chi connectivity index (χ3v) is 5.12. The fourth-order valence-electron chi connectivity index (χ4n) is 3.24. The van der Waals surface area contributed by atoms with Crippen molar-refractivity contribution in [3.8, 4) is 0 Å². The van der Waals surface area contributed by atoms with Crippen LogP contribution in [0.25, 0.3) is 11.1 Å². The second-order valence-corrected chi connectivity index (χ2v) is 7.59. The fourth-order valence-corrected chi connectivity index (χ4v) is 3.50. The lowest BCUT2D eigenvalue weighted by Gasteiger charge is -2.11. The molecule has 0 aliphatic heterocycles. The molecule has 0 unspecified atom stereocenters. The van der Waals surface area contributed by atoms with E-state index in [-0.39, 0.29) is 5.91 Å². The van der Waals surface area contributed by atoms with Crippen molar-refractivity contribution in [2.45, 2.75) is 19.9 Å². The summed E-state index contributed by atoms with van der Waals surface area (Å²) in [6.07, 6.45) is 2.45. The van der Waals surface area contributed by atoms with E-state index in [0.717, 1.165) is 32.6 Å². The van der Waals surface area contributed by atoms with Crippen LogP contribution in [0.2, 0.25) is 0 Å². The Morgan fingerprint density at radius 2 is 2.00 bits per heavy atom. The number of fused-ring (bicyclic) bond motifs is 1. The van der Waals surface area contributed by atoms with Crippen molar-refractivity contribution < 1.29 is 9.21 Å². The molecule has 0 radical (unpaired) electrons. The first-order valence-electron chi connectivity index (χ1n) is 9.12. The van der Waals surface area contributed by atoms with Crippen LogP contribution in [0, 0.1) is 6.92 Å². The quantitative estimate of drug-likeness (QED) is 0.474. The lowest BCUT2D eigenvalue weighted by atomic mass is 10.2. The summed E-state index contributed by atoms with van der Waals surface area (Å²) >= 11 is 3.46. The van der Waals surface area contributed by atoms with Gasteiger partial charge in [0.05, 0.1) is 5.52 Å². The summed E-state index contributed by atoms with van der Waals surface area (Å²) in [5, 5.41) is 3.00. The average Bonchev–Trinajstić information content (AvgIpc) is 3.21. The molecule has 1 amide bonds. The molecule has 0 saturated heterocycles. The van der Waals surface area contributed by atoms with E-state index in [0.29, 0.717) is 25.2 Å². The first kappa shape index (κ1) is 18.5. The van der Waals surface area contributed by atoms with Gasteiger partial charge in [0.2, 0.25) is 0 Å². The molecule has 6 heteroatoms. The standard InChI is InChI=1S/C22H20BrN3O2/c1-15-12-19-21(28-15)13-20(26(19)14-16-5-7-17(23)8-6-16)22(27)25-11-9-18-4-2-3-10-24-18/h2-8,10,12-13H,9,11,14H2,1H3,(H,25,27). The van der Waals surface area contributed by atoms with Crippen LogP contribution >= 0.6 is 15.9 Å². The molecule has 0 fully saturated rings. The number of nitrogens with one attached hydrogen (secondary N) is 1. The number of rotatable bonds is 6. The molecule has 3 heterocycles. The molecule has 4 aromatic rings. The molecule has 28 heavy (non-hydrogen) atoms. The SMILES string of the molecule is Cc1cc2c(cc(C(=O)NCCc3ccccn3)n2Cc2ccc(Br)cc2)o1. The van der Waals surface area contributed by atoms with Gasteiger partial charge in [-0.25, -0.2) is 0 Å². The molecule has 0 bridgehead atoms. The van der Waals surface area contributed by atoms with Crippen molar-refractivity contribution in [1.82, 2.24) is 14.9 Å². The zero-order valence-electron chi connectivity index (χ0n) is 15.5. The molecular formula is C22H20BrN3O2. The number of halogens is 1. The third kappa shape index (κ3) is 4.02. The Hall–Kier alpha value is -2.86. The monoisotopic (exact) mass is 437 g/mol. The van der Waals surface area contributed by atoms with Gasteiger partial charge in [0.15, 0.2) is 5.58 Å². The van der Waals surface area contributed by atoms with Gasteiger partial charge in [-0.1, -0.05) is 34.1 Å². The Labute approximate surface area is 171 Å². The number of nitrogens with zero attached hydrogens (tertiary/aromatic N) is 2. The number of aryl methyl sites for hydroxylation is 1. The van der Waals surface area contributed by atoms with E-state index >= 15 is 0 Å². The van der Waals surface area contributed by atoms with Crippen molar-refractivity contribution in [1.29, 1.82) is 0 Å². The number of pyridine rings is 1. The molecule has 1 N–H and O–H groups in total. The maximum atomic E-state index is 12.9. The number of aromatic nitrogens is 2. The molecule has 0 aliphatic rings. The molecule has 1 aromatic carbocycles. The van der Waals surface area contributed by atoms with Crippen LogP contribution in [0.1, 0.15) is 27.5 Å². The molecule has 5 nitrogen and oxygen atoms in total. The first-order chi connectivity index (χ1) is 13.6. The molecule has 0 spiro atoms. The van der Waals surface area contributed by atoms with Crippen LogP contribution in [0.15, 0.2) is 69.7 Å². The molecule has 0 aliphatic carbocycles. The van der Waals surface area contributed by atoms with Crippen LogP contribution in [0.4, 0.5) is 0 Å². The Kier molecular flexibility index (Phi) is 5.30. The minimum absolute atomic E-state index is 0.114. The molecule has 4 rings (SSSR count). The highest BCUT2D eigenvalue weighted by molar-refractivity contribution is 9.10. The highest BCUT2D eigenvalue weighted by Crippen LogP contribution is 2.25. The number of carbonyl (C=O) groups is 1. The lowest BCUT2D eigenvalue weighted by molar-refractivity contribution is 0.0945. The number of hydrogen-bond acceptors (Lipinski definition) is 3. The van der Waals surface area contributed by atoms with E-state index in [2.05, 4.69) is 26.2 Å². The summed E-state index contributed by atoms with van der Waals surface area (Å²) in [6, 6.07) is 17.7. The van der Waals surface area contributed by atoms with Crippen LogP contribution in [0.3, 0.4) is 0 Å². The van der Waals surface area contributed by atoms with Gasteiger partial charge in [-0.15, -0.1) is 0 Å². The topological polar surface area (TPSA) is 60.1 Å². The Balaban J connectivity index is 1.56. The second kappa shape index (κ2) is 8.02. The zero-order chi connectivity index (χ0) is 19.5. The van der Waals surface area contributed by atoms with Gasteiger partial charge >= 0.3 is 0 Å². The van der Waals surface area contributed by atoms with E-state index in [1.807, 2.05) is 66.1 Å². The van der Waals surface area contributed by atoms with E-state index in [4.69, 9.17) is 4.42 Å². The van der Waals surface area contributed by atoms with Gasteiger partial charge < -0.3 is 14.3 Å². The largest absolute Gasteiger partial charge is 0.460 e. The van der Waals surface area contributed by atoms with E-state index < -0.39 is 0 Å². The van der Waals surface area contributed by atoms with Gasteiger partial charge in [-0.3, -0.25) is 9.78 Å². The average molecular weight is 438 g/mol. The van der Waals surface area contributed by atoms with E-state index in [1.165, 1.54) is 0 Å². The van der Waals surface area contributed by atoms with Gasteiger partial charge in [0, 0.05) is 48.0 Å². The predicted octanol–water partition coefficient (Wildman–Crippen LogP) is 4.72. The maximum absolute atomic E-state index is 12.9. The highest BCUT2D eigenvalue weighted by Gasteiger charge is 2.18. The molecule has 142 valence electrons.